The van der Waals surface area contributed by atoms with Crippen LogP contribution in [0.1, 0.15) is 32.8 Å². The Balaban J connectivity index is 2.51. The highest BCUT2D eigenvalue weighted by atomic mass is 35.5. The molecule has 1 rings (SSSR count). The zero-order valence-electron chi connectivity index (χ0n) is 13.0. The number of hydrogen-bond acceptors (Lipinski definition) is 3. The average molecular weight is 313 g/mol. The molecule has 21 heavy (non-hydrogen) atoms. The molecule has 0 spiro atoms. The van der Waals surface area contributed by atoms with Crippen LogP contribution < -0.4 is 15.4 Å². The quantitative estimate of drug-likeness (QED) is 0.737. The lowest BCUT2D eigenvalue weighted by Gasteiger charge is -2.13. The van der Waals surface area contributed by atoms with Crippen LogP contribution in [0.25, 0.3) is 0 Å². The van der Waals surface area contributed by atoms with Crippen LogP contribution in [-0.4, -0.2) is 25.6 Å². The zero-order valence-corrected chi connectivity index (χ0v) is 13.8. The van der Waals surface area contributed by atoms with E-state index in [0.717, 1.165) is 18.5 Å². The van der Waals surface area contributed by atoms with Gasteiger partial charge in [0.1, 0.15) is 5.75 Å². The summed E-state index contributed by atoms with van der Waals surface area (Å²) in [6.07, 6.45) is 0.962. The van der Waals surface area contributed by atoms with Crippen molar-refractivity contribution in [2.24, 2.45) is 5.92 Å². The van der Waals surface area contributed by atoms with Crippen molar-refractivity contribution in [1.82, 2.24) is 10.6 Å². The SMILES string of the molecule is CCNCc1cccc(Cl)c1OCC(=O)NCCC(C)C. The van der Waals surface area contributed by atoms with Gasteiger partial charge in [0.05, 0.1) is 5.02 Å². The van der Waals surface area contributed by atoms with Crippen molar-refractivity contribution in [3.63, 3.8) is 0 Å². The number of hydrogen-bond donors (Lipinski definition) is 2. The highest BCUT2D eigenvalue weighted by molar-refractivity contribution is 6.32. The first kappa shape index (κ1) is 17.8. The van der Waals surface area contributed by atoms with Crippen molar-refractivity contribution >= 4 is 17.5 Å². The Kier molecular flexibility index (Phi) is 8.16. The van der Waals surface area contributed by atoms with Crippen LogP contribution in [0.4, 0.5) is 0 Å². The van der Waals surface area contributed by atoms with E-state index in [-0.39, 0.29) is 12.5 Å². The smallest absolute Gasteiger partial charge is 0.257 e. The van der Waals surface area contributed by atoms with Crippen molar-refractivity contribution < 1.29 is 9.53 Å². The Hall–Kier alpha value is -1.26. The van der Waals surface area contributed by atoms with Crippen molar-refractivity contribution in [2.75, 3.05) is 19.7 Å². The fourth-order valence-electron chi connectivity index (χ4n) is 1.80. The number of rotatable bonds is 9. The summed E-state index contributed by atoms with van der Waals surface area (Å²) >= 11 is 6.15. The molecule has 0 radical (unpaired) electrons. The number of halogens is 1. The normalized spacial score (nSPS) is 10.7. The van der Waals surface area contributed by atoms with Crippen LogP contribution >= 0.6 is 11.6 Å². The van der Waals surface area contributed by atoms with E-state index in [0.29, 0.717) is 29.8 Å². The molecule has 0 saturated heterocycles. The van der Waals surface area contributed by atoms with Crippen LogP contribution in [0.3, 0.4) is 0 Å². The molecule has 1 amide bonds. The summed E-state index contributed by atoms with van der Waals surface area (Å²) in [7, 11) is 0. The predicted octanol–water partition coefficient (Wildman–Crippen LogP) is 2.99. The molecule has 4 nitrogen and oxygen atoms in total. The molecule has 0 unspecified atom stereocenters. The lowest BCUT2D eigenvalue weighted by molar-refractivity contribution is -0.123. The van der Waals surface area contributed by atoms with Crippen molar-refractivity contribution in [3.05, 3.63) is 28.8 Å². The second-order valence-corrected chi connectivity index (χ2v) is 5.74. The third-order valence-electron chi connectivity index (χ3n) is 3.01. The topological polar surface area (TPSA) is 50.4 Å². The summed E-state index contributed by atoms with van der Waals surface area (Å²) in [6, 6.07) is 5.59. The molecule has 0 aliphatic rings. The van der Waals surface area contributed by atoms with Gasteiger partial charge >= 0.3 is 0 Å². The number of ether oxygens (including phenoxy) is 1. The van der Waals surface area contributed by atoms with E-state index in [1.54, 1.807) is 6.07 Å². The van der Waals surface area contributed by atoms with Gasteiger partial charge < -0.3 is 15.4 Å². The maximum Gasteiger partial charge on any atom is 0.257 e. The minimum atomic E-state index is -0.120. The molecule has 0 heterocycles. The lowest BCUT2D eigenvalue weighted by Crippen LogP contribution is -2.30. The van der Waals surface area contributed by atoms with Crippen LogP contribution in [0.15, 0.2) is 18.2 Å². The summed E-state index contributed by atoms with van der Waals surface area (Å²) in [4.78, 5) is 11.7. The van der Waals surface area contributed by atoms with E-state index < -0.39 is 0 Å². The highest BCUT2D eigenvalue weighted by Crippen LogP contribution is 2.28. The van der Waals surface area contributed by atoms with Crippen molar-refractivity contribution in [2.45, 2.75) is 33.7 Å². The van der Waals surface area contributed by atoms with Gasteiger partial charge in [0.15, 0.2) is 6.61 Å². The van der Waals surface area contributed by atoms with Gasteiger partial charge in [0.25, 0.3) is 5.91 Å². The average Bonchev–Trinajstić information content (AvgIpc) is 2.43. The molecule has 0 saturated carbocycles. The summed E-state index contributed by atoms with van der Waals surface area (Å²) < 4.78 is 5.60. The molecule has 0 aliphatic heterocycles. The molecule has 0 atom stereocenters. The largest absolute Gasteiger partial charge is 0.482 e. The van der Waals surface area contributed by atoms with Crippen LogP contribution in [0.2, 0.25) is 5.02 Å². The molecule has 118 valence electrons. The Labute approximate surface area is 132 Å². The Morgan fingerprint density at radius 2 is 2.14 bits per heavy atom. The zero-order chi connectivity index (χ0) is 15.7. The van der Waals surface area contributed by atoms with Gasteiger partial charge in [-0.05, 0) is 24.9 Å². The summed E-state index contributed by atoms with van der Waals surface area (Å²) in [6.45, 7) is 8.47. The summed E-state index contributed by atoms with van der Waals surface area (Å²) in [5.74, 6) is 1.03. The monoisotopic (exact) mass is 312 g/mol. The number of nitrogens with one attached hydrogen (secondary N) is 2. The van der Waals surface area contributed by atoms with Crippen LogP contribution in [0.5, 0.6) is 5.75 Å². The molecule has 0 bridgehead atoms. The Morgan fingerprint density at radius 3 is 2.81 bits per heavy atom. The molecule has 0 aliphatic carbocycles. The fraction of sp³-hybridized carbons (Fsp3) is 0.562. The maximum atomic E-state index is 11.7. The maximum absolute atomic E-state index is 11.7. The van der Waals surface area contributed by atoms with E-state index >= 15 is 0 Å². The van der Waals surface area contributed by atoms with E-state index in [1.807, 2.05) is 19.1 Å². The number of benzene rings is 1. The van der Waals surface area contributed by atoms with Crippen molar-refractivity contribution in [1.29, 1.82) is 0 Å². The van der Waals surface area contributed by atoms with E-state index in [9.17, 15) is 4.79 Å². The lowest BCUT2D eigenvalue weighted by atomic mass is 10.1. The third kappa shape index (κ3) is 6.82. The molecule has 2 N–H and O–H groups in total. The predicted molar refractivity (Wildman–Crippen MR) is 86.8 cm³/mol. The first-order chi connectivity index (χ1) is 10.0. The number of carbonyl (C=O) groups excluding carboxylic acids is 1. The summed E-state index contributed by atoms with van der Waals surface area (Å²) in [5, 5.41) is 6.60. The van der Waals surface area contributed by atoms with Gasteiger partial charge in [-0.25, -0.2) is 0 Å². The number of para-hydroxylation sites is 1. The number of carbonyl (C=O) groups is 1. The summed E-state index contributed by atoms with van der Waals surface area (Å²) in [5.41, 5.74) is 0.958. The van der Waals surface area contributed by atoms with Gasteiger partial charge in [-0.15, -0.1) is 0 Å². The second-order valence-electron chi connectivity index (χ2n) is 5.33. The Bertz CT molecular complexity index is 450. The van der Waals surface area contributed by atoms with E-state index in [4.69, 9.17) is 16.3 Å². The molecule has 0 aromatic heterocycles. The molecular weight excluding hydrogens is 288 g/mol. The standard InChI is InChI=1S/C16H25ClN2O2/c1-4-18-10-13-6-5-7-14(17)16(13)21-11-15(20)19-9-8-12(2)3/h5-7,12,18H,4,8-11H2,1-3H3,(H,19,20). The highest BCUT2D eigenvalue weighted by Gasteiger charge is 2.10. The molecule has 1 aromatic carbocycles. The second kappa shape index (κ2) is 9.64. The van der Waals surface area contributed by atoms with Gasteiger partial charge in [-0.2, -0.15) is 0 Å². The molecule has 1 aromatic rings. The van der Waals surface area contributed by atoms with Crippen molar-refractivity contribution in [3.8, 4) is 5.75 Å². The number of amides is 1. The van der Waals surface area contributed by atoms with E-state index in [1.165, 1.54) is 0 Å². The minimum absolute atomic E-state index is 0.0129. The molecule has 5 heteroatoms. The first-order valence-electron chi connectivity index (χ1n) is 7.42. The van der Waals surface area contributed by atoms with Gasteiger partial charge in [0.2, 0.25) is 0 Å². The van der Waals surface area contributed by atoms with Gasteiger partial charge in [-0.3, -0.25) is 4.79 Å². The third-order valence-corrected chi connectivity index (χ3v) is 3.30. The van der Waals surface area contributed by atoms with Gasteiger partial charge in [-0.1, -0.05) is 44.5 Å². The van der Waals surface area contributed by atoms with E-state index in [2.05, 4.69) is 24.5 Å². The van der Waals surface area contributed by atoms with Gasteiger partial charge in [0, 0.05) is 18.7 Å². The molecule has 0 fully saturated rings. The Morgan fingerprint density at radius 1 is 1.38 bits per heavy atom. The fourth-order valence-corrected chi connectivity index (χ4v) is 2.05. The van der Waals surface area contributed by atoms with Crippen LogP contribution in [-0.2, 0) is 11.3 Å². The molecular formula is C16H25ClN2O2. The van der Waals surface area contributed by atoms with Crippen LogP contribution in [0, 0.1) is 5.92 Å². The first-order valence-corrected chi connectivity index (χ1v) is 7.80. The minimum Gasteiger partial charge on any atom is -0.482 e.